The van der Waals surface area contributed by atoms with Crippen LogP contribution in [0.25, 0.3) is 0 Å². The minimum absolute atomic E-state index is 0.198. The van der Waals surface area contributed by atoms with Gasteiger partial charge in [-0.3, -0.25) is 0 Å². The van der Waals surface area contributed by atoms with Crippen LogP contribution in [0.5, 0.6) is 0 Å². The SMILES string of the molecule is C#CCC(CSc1ccc(F)cc1)NCC. The lowest BCUT2D eigenvalue weighted by Gasteiger charge is -2.14. The molecule has 0 saturated carbocycles. The summed E-state index contributed by atoms with van der Waals surface area (Å²) >= 11 is 1.69. The third-order valence-electron chi connectivity index (χ3n) is 2.12. The Labute approximate surface area is 101 Å². The molecule has 0 amide bonds. The standard InChI is InChI=1S/C13H16FNS/c1-3-5-12(15-4-2)10-16-13-8-6-11(14)7-9-13/h1,6-9,12,15H,4-5,10H2,2H3. The molecule has 16 heavy (non-hydrogen) atoms. The van der Waals surface area contributed by atoms with Crippen LogP contribution in [0.15, 0.2) is 29.2 Å². The molecule has 0 bridgehead atoms. The number of nitrogens with one attached hydrogen (secondary N) is 1. The van der Waals surface area contributed by atoms with Gasteiger partial charge in [-0.05, 0) is 30.8 Å². The van der Waals surface area contributed by atoms with Gasteiger partial charge in [0.05, 0.1) is 0 Å². The third-order valence-corrected chi connectivity index (χ3v) is 3.30. The summed E-state index contributed by atoms with van der Waals surface area (Å²) in [5.74, 6) is 3.37. The summed E-state index contributed by atoms with van der Waals surface area (Å²) in [6, 6.07) is 6.86. The zero-order valence-corrected chi connectivity index (χ0v) is 10.2. The molecule has 1 N–H and O–H groups in total. The maximum absolute atomic E-state index is 12.7. The van der Waals surface area contributed by atoms with Gasteiger partial charge >= 0.3 is 0 Å². The van der Waals surface area contributed by atoms with E-state index in [0.29, 0.717) is 6.04 Å². The van der Waals surface area contributed by atoms with Crippen molar-refractivity contribution in [2.24, 2.45) is 0 Å². The maximum Gasteiger partial charge on any atom is 0.123 e. The van der Waals surface area contributed by atoms with Crippen LogP contribution in [-0.4, -0.2) is 18.3 Å². The predicted octanol–water partition coefficient (Wildman–Crippen LogP) is 2.92. The summed E-state index contributed by atoms with van der Waals surface area (Å²) in [4.78, 5) is 1.07. The van der Waals surface area contributed by atoms with Crippen molar-refractivity contribution in [3.63, 3.8) is 0 Å². The van der Waals surface area contributed by atoms with Gasteiger partial charge in [0.1, 0.15) is 5.82 Å². The molecule has 1 aromatic rings. The molecule has 1 rings (SSSR count). The van der Waals surface area contributed by atoms with E-state index in [-0.39, 0.29) is 5.82 Å². The van der Waals surface area contributed by atoms with Gasteiger partial charge in [0.25, 0.3) is 0 Å². The van der Waals surface area contributed by atoms with E-state index >= 15 is 0 Å². The number of terminal acetylenes is 1. The van der Waals surface area contributed by atoms with E-state index in [1.165, 1.54) is 12.1 Å². The normalized spacial score (nSPS) is 12.1. The molecule has 3 heteroatoms. The van der Waals surface area contributed by atoms with Crippen molar-refractivity contribution in [1.82, 2.24) is 5.32 Å². The van der Waals surface area contributed by atoms with Crippen LogP contribution in [0.4, 0.5) is 4.39 Å². The van der Waals surface area contributed by atoms with E-state index in [1.54, 1.807) is 23.9 Å². The summed E-state index contributed by atoms with van der Waals surface area (Å²) in [6.07, 6.45) is 6.02. The van der Waals surface area contributed by atoms with Crippen LogP contribution in [-0.2, 0) is 0 Å². The molecule has 1 aromatic carbocycles. The second kappa shape index (κ2) is 7.32. The molecule has 0 aliphatic rings. The number of hydrogen-bond acceptors (Lipinski definition) is 2. The average molecular weight is 237 g/mol. The van der Waals surface area contributed by atoms with Crippen molar-refractivity contribution < 1.29 is 4.39 Å². The van der Waals surface area contributed by atoms with Crippen molar-refractivity contribution in [1.29, 1.82) is 0 Å². The topological polar surface area (TPSA) is 12.0 Å². The monoisotopic (exact) mass is 237 g/mol. The lowest BCUT2D eigenvalue weighted by molar-refractivity contribution is 0.588. The lowest BCUT2D eigenvalue weighted by atomic mass is 10.2. The Bertz CT molecular complexity index is 342. The molecule has 0 radical (unpaired) electrons. The molecule has 0 heterocycles. The highest BCUT2D eigenvalue weighted by atomic mass is 32.2. The van der Waals surface area contributed by atoms with Gasteiger partial charge in [-0.2, -0.15) is 0 Å². The second-order valence-corrected chi connectivity index (χ2v) is 4.52. The average Bonchev–Trinajstić information content (AvgIpc) is 2.29. The van der Waals surface area contributed by atoms with Crippen molar-refractivity contribution >= 4 is 11.8 Å². The Morgan fingerprint density at radius 2 is 2.12 bits per heavy atom. The molecule has 1 nitrogen and oxygen atoms in total. The third kappa shape index (κ3) is 4.69. The van der Waals surface area contributed by atoms with Crippen molar-refractivity contribution in [3.8, 4) is 12.3 Å². The minimum atomic E-state index is -0.198. The van der Waals surface area contributed by atoms with E-state index < -0.39 is 0 Å². The molecular weight excluding hydrogens is 221 g/mol. The van der Waals surface area contributed by atoms with Gasteiger partial charge in [-0.15, -0.1) is 24.1 Å². The first-order chi connectivity index (χ1) is 7.76. The number of benzene rings is 1. The lowest BCUT2D eigenvalue weighted by Crippen LogP contribution is -2.30. The highest BCUT2D eigenvalue weighted by Crippen LogP contribution is 2.19. The van der Waals surface area contributed by atoms with Crippen molar-refractivity contribution in [3.05, 3.63) is 30.1 Å². The van der Waals surface area contributed by atoms with Crippen LogP contribution < -0.4 is 5.32 Å². The van der Waals surface area contributed by atoms with Crippen molar-refractivity contribution in [2.45, 2.75) is 24.3 Å². The molecule has 1 atom stereocenters. The second-order valence-electron chi connectivity index (χ2n) is 3.43. The smallest absolute Gasteiger partial charge is 0.123 e. The van der Waals surface area contributed by atoms with E-state index in [9.17, 15) is 4.39 Å². The van der Waals surface area contributed by atoms with E-state index in [1.807, 2.05) is 0 Å². The summed E-state index contributed by atoms with van der Waals surface area (Å²) in [7, 11) is 0. The summed E-state index contributed by atoms with van der Waals surface area (Å²) in [5, 5.41) is 3.33. The maximum atomic E-state index is 12.7. The quantitative estimate of drug-likeness (QED) is 0.603. The largest absolute Gasteiger partial charge is 0.312 e. The van der Waals surface area contributed by atoms with Gasteiger partial charge < -0.3 is 5.32 Å². The first kappa shape index (κ1) is 13.1. The van der Waals surface area contributed by atoms with Crippen molar-refractivity contribution in [2.75, 3.05) is 12.3 Å². The van der Waals surface area contributed by atoms with Gasteiger partial charge in [0.2, 0.25) is 0 Å². The fourth-order valence-corrected chi connectivity index (χ4v) is 2.31. The molecule has 86 valence electrons. The van der Waals surface area contributed by atoms with Gasteiger partial charge in [-0.25, -0.2) is 4.39 Å². The highest BCUT2D eigenvalue weighted by molar-refractivity contribution is 7.99. The Kier molecular flexibility index (Phi) is 5.99. The molecule has 0 fully saturated rings. The van der Waals surface area contributed by atoms with Crippen LogP contribution in [0.1, 0.15) is 13.3 Å². The first-order valence-electron chi connectivity index (χ1n) is 5.31. The molecule has 0 saturated heterocycles. The summed E-state index contributed by atoms with van der Waals surface area (Å²) < 4.78 is 12.7. The fraction of sp³-hybridized carbons (Fsp3) is 0.385. The van der Waals surface area contributed by atoms with E-state index in [4.69, 9.17) is 6.42 Å². The Balaban J connectivity index is 2.42. The van der Waals surface area contributed by atoms with E-state index in [0.717, 1.165) is 23.6 Å². The predicted molar refractivity (Wildman–Crippen MR) is 68.0 cm³/mol. The zero-order chi connectivity index (χ0) is 11.8. The van der Waals surface area contributed by atoms with Gasteiger partial charge in [0.15, 0.2) is 0 Å². The molecule has 0 aliphatic carbocycles. The minimum Gasteiger partial charge on any atom is -0.312 e. The van der Waals surface area contributed by atoms with Crippen LogP contribution >= 0.6 is 11.8 Å². The Hall–Kier alpha value is -0.980. The summed E-state index contributed by atoms with van der Waals surface area (Å²) in [5.41, 5.74) is 0. The van der Waals surface area contributed by atoms with Crippen LogP contribution in [0.2, 0.25) is 0 Å². The van der Waals surface area contributed by atoms with E-state index in [2.05, 4.69) is 18.2 Å². The van der Waals surface area contributed by atoms with Gasteiger partial charge in [0, 0.05) is 23.1 Å². The molecule has 0 spiro atoms. The number of hydrogen-bond donors (Lipinski definition) is 1. The van der Waals surface area contributed by atoms with Gasteiger partial charge in [-0.1, -0.05) is 6.92 Å². The van der Waals surface area contributed by atoms with Crippen LogP contribution in [0, 0.1) is 18.2 Å². The molecule has 0 aromatic heterocycles. The highest BCUT2D eigenvalue weighted by Gasteiger charge is 2.06. The van der Waals surface area contributed by atoms with Crippen LogP contribution in [0.3, 0.4) is 0 Å². The number of rotatable bonds is 6. The Morgan fingerprint density at radius 3 is 2.69 bits per heavy atom. The zero-order valence-electron chi connectivity index (χ0n) is 9.37. The summed E-state index contributed by atoms with van der Waals surface area (Å²) in [6.45, 7) is 2.97. The molecular formula is C13H16FNS. The Morgan fingerprint density at radius 1 is 1.44 bits per heavy atom. The number of halogens is 1. The number of thioether (sulfide) groups is 1. The molecule has 0 aliphatic heterocycles. The molecule has 1 unspecified atom stereocenters. The first-order valence-corrected chi connectivity index (χ1v) is 6.30. The fourth-order valence-electron chi connectivity index (χ4n) is 1.35.